The summed E-state index contributed by atoms with van der Waals surface area (Å²) in [6.45, 7) is 2.48. The molecule has 1 fully saturated rings. The molecule has 0 saturated heterocycles. The molecule has 1 saturated carbocycles. The number of carbonyl (C=O) groups excluding carboxylic acids is 1. The quantitative estimate of drug-likeness (QED) is 0.787. The highest BCUT2D eigenvalue weighted by molar-refractivity contribution is 5.75. The van der Waals surface area contributed by atoms with Crippen LogP contribution in [0.4, 0.5) is 4.79 Å². The number of benzene rings is 1. The topological polar surface area (TPSA) is 78.4 Å². The normalized spacial score (nSPS) is 21.4. The van der Waals surface area contributed by atoms with E-state index in [1.165, 1.54) is 0 Å². The Balaban J connectivity index is 1.75. The molecule has 2 rings (SSSR count). The Labute approximate surface area is 118 Å². The van der Waals surface area contributed by atoms with Crippen molar-refractivity contribution in [2.45, 2.75) is 38.8 Å². The van der Waals surface area contributed by atoms with Crippen molar-refractivity contribution in [3.05, 3.63) is 35.4 Å². The van der Waals surface area contributed by atoms with Gasteiger partial charge in [-0.2, -0.15) is 0 Å². The van der Waals surface area contributed by atoms with Gasteiger partial charge in [-0.1, -0.05) is 29.8 Å². The number of nitrogens with one attached hydrogen (secondary N) is 2. The van der Waals surface area contributed by atoms with Crippen LogP contribution in [-0.2, 0) is 11.3 Å². The van der Waals surface area contributed by atoms with Crippen LogP contribution in [-0.4, -0.2) is 23.1 Å². The maximum absolute atomic E-state index is 11.8. The minimum absolute atomic E-state index is 0.0337. The van der Waals surface area contributed by atoms with E-state index in [0.717, 1.165) is 17.5 Å². The molecule has 0 aliphatic heterocycles. The van der Waals surface area contributed by atoms with Gasteiger partial charge < -0.3 is 15.7 Å². The minimum Gasteiger partial charge on any atom is -0.481 e. The van der Waals surface area contributed by atoms with Gasteiger partial charge in [-0.05, 0) is 31.7 Å². The molecule has 5 heteroatoms. The molecular formula is C15H20N2O3. The fourth-order valence-electron chi connectivity index (χ4n) is 2.58. The number of aliphatic carboxylic acids is 1. The third-order valence-corrected chi connectivity index (χ3v) is 3.65. The monoisotopic (exact) mass is 276 g/mol. The summed E-state index contributed by atoms with van der Waals surface area (Å²) in [5, 5.41) is 14.5. The fraction of sp³-hybridized carbons (Fsp3) is 0.467. The van der Waals surface area contributed by atoms with Gasteiger partial charge in [0.2, 0.25) is 0 Å². The summed E-state index contributed by atoms with van der Waals surface area (Å²) in [4.78, 5) is 22.6. The zero-order chi connectivity index (χ0) is 14.5. The first-order valence-electron chi connectivity index (χ1n) is 6.87. The number of carboxylic acids is 1. The summed E-state index contributed by atoms with van der Waals surface area (Å²) in [5.41, 5.74) is 2.21. The maximum atomic E-state index is 11.8. The van der Waals surface area contributed by atoms with Crippen molar-refractivity contribution in [2.24, 2.45) is 5.92 Å². The number of hydrogen-bond acceptors (Lipinski definition) is 2. The standard InChI is InChI=1S/C15H20N2O3/c1-10-3-2-4-11(7-10)9-16-15(20)17-13-6-5-12(8-13)14(18)19/h2-4,7,12-13H,5-6,8-9H2,1H3,(H,18,19)(H2,16,17,20). The van der Waals surface area contributed by atoms with Gasteiger partial charge in [-0.25, -0.2) is 4.79 Å². The predicted molar refractivity (Wildman–Crippen MR) is 75.3 cm³/mol. The first-order chi connectivity index (χ1) is 9.54. The Morgan fingerprint density at radius 1 is 1.35 bits per heavy atom. The summed E-state index contributed by atoms with van der Waals surface area (Å²) < 4.78 is 0. The highest BCUT2D eigenvalue weighted by atomic mass is 16.4. The van der Waals surface area contributed by atoms with Crippen molar-refractivity contribution < 1.29 is 14.7 Å². The van der Waals surface area contributed by atoms with Crippen LogP contribution in [0.2, 0.25) is 0 Å². The van der Waals surface area contributed by atoms with Gasteiger partial charge in [0.1, 0.15) is 0 Å². The van der Waals surface area contributed by atoms with Crippen molar-refractivity contribution in [3.63, 3.8) is 0 Å². The van der Waals surface area contributed by atoms with Crippen LogP contribution >= 0.6 is 0 Å². The van der Waals surface area contributed by atoms with E-state index in [9.17, 15) is 9.59 Å². The van der Waals surface area contributed by atoms with Crippen LogP contribution in [0.1, 0.15) is 30.4 Å². The molecule has 1 aromatic rings. The van der Waals surface area contributed by atoms with E-state index in [1.54, 1.807) is 0 Å². The zero-order valence-corrected chi connectivity index (χ0v) is 11.6. The second kappa shape index (κ2) is 6.41. The van der Waals surface area contributed by atoms with Crippen molar-refractivity contribution in [3.8, 4) is 0 Å². The first kappa shape index (κ1) is 14.4. The maximum Gasteiger partial charge on any atom is 0.315 e. The number of amides is 2. The molecule has 0 radical (unpaired) electrons. The van der Waals surface area contributed by atoms with Crippen LogP contribution in [0.15, 0.2) is 24.3 Å². The summed E-state index contributed by atoms with van der Waals surface area (Å²) in [6, 6.07) is 7.68. The Bertz CT molecular complexity index is 502. The summed E-state index contributed by atoms with van der Waals surface area (Å²) in [5.74, 6) is -1.09. The van der Waals surface area contributed by atoms with E-state index < -0.39 is 5.97 Å². The van der Waals surface area contributed by atoms with Crippen molar-refractivity contribution >= 4 is 12.0 Å². The smallest absolute Gasteiger partial charge is 0.315 e. The average Bonchev–Trinajstić information content (AvgIpc) is 2.85. The van der Waals surface area contributed by atoms with Crippen LogP contribution < -0.4 is 10.6 Å². The molecule has 0 bridgehead atoms. The van der Waals surface area contributed by atoms with Crippen LogP contribution in [0, 0.1) is 12.8 Å². The molecule has 108 valence electrons. The molecule has 1 aliphatic carbocycles. The van der Waals surface area contributed by atoms with Crippen molar-refractivity contribution in [1.82, 2.24) is 10.6 Å². The molecular weight excluding hydrogens is 256 g/mol. The lowest BCUT2D eigenvalue weighted by molar-refractivity contribution is -0.141. The molecule has 20 heavy (non-hydrogen) atoms. The highest BCUT2D eigenvalue weighted by Crippen LogP contribution is 2.25. The summed E-state index contributed by atoms with van der Waals surface area (Å²) in [6.07, 6.45) is 1.89. The van der Waals surface area contributed by atoms with Crippen molar-refractivity contribution in [2.75, 3.05) is 0 Å². The lowest BCUT2D eigenvalue weighted by atomic mass is 10.1. The molecule has 1 aliphatic rings. The number of aryl methyl sites for hydroxylation is 1. The molecule has 5 nitrogen and oxygen atoms in total. The van der Waals surface area contributed by atoms with E-state index >= 15 is 0 Å². The largest absolute Gasteiger partial charge is 0.481 e. The van der Waals surface area contributed by atoms with Gasteiger partial charge in [0.05, 0.1) is 5.92 Å². The molecule has 2 amide bonds. The Morgan fingerprint density at radius 2 is 2.15 bits per heavy atom. The van der Waals surface area contributed by atoms with Crippen molar-refractivity contribution in [1.29, 1.82) is 0 Å². The predicted octanol–water partition coefficient (Wildman–Crippen LogP) is 2.05. The number of urea groups is 1. The first-order valence-corrected chi connectivity index (χ1v) is 6.87. The van der Waals surface area contributed by atoms with Crippen LogP contribution in [0.5, 0.6) is 0 Å². The third-order valence-electron chi connectivity index (χ3n) is 3.65. The second-order valence-electron chi connectivity index (χ2n) is 5.36. The molecule has 0 aromatic heterocycles. The lowest BCUT2D eigenvalue weighted by Gasteiger charge is -2.13. The lowest BCUT2D eigenvalue weighted by Crippen LogP contribution is -2.40. The Hall–Kier alpha value is -2.04. The van der Waals surface area contributed by atoms with Gasteiger partial charge in [0, 0.05) is 12.6 Å². The number of rotatable bonds is 4. The van der Waals surface area contributed by atoms with E-state index in [0.29, 0.717) is 19.4 Å². The SMILES string of the molecule is Cc1cccc(CNC(=O)NC2CCC(C(=O)O)C2)c1. The average molecular weight is 276 g/mol. The number of hydrogen-bond donors (Lipinski definition) is 3. The van der Waals surface area contributed by atoms with Gasteiger partial charge in [0.15, 0.2) is 0 Å². The fourth-order valence-corrected chi connectivity index (χ4v) is 2.58. The van der Waals surface area contributed by atoms with E-state index in [4.69, 9.17) is 5.11 Å². The van der Waals surface area contributed by atoms with E-state index in [1.807, 2.05) is 31.2 Å². The van der Waals surface area contributed by atoms with Gasteiger partial charge in [-0.15, -0.1) is 0 Å². The molecule has 0 heterocycles. The summed E-state index contributed by atoms with van der Waals surface area (Å²) >= 11 is 0. The van der Waals surface area contributed by atoms with Gasteiger partial charge >= 0.3 is 12.0 Å². The molecule has 1 aromatic carbocycles. The molecule has 2 atom stereocenters. The molecule has 3 N–H and O–H groups in total. The Morgan fingerprint density at radius 3 is 2.80 bits per heavy atom. The minimum atomic E-state index is -0.769. The Kier molecular flexibility index (Phi) is 4.61. The highest BCUT2D eigenvalue weighted by Gasteiger charge is 2.30. The number of carbonyl (C=O) groups is 2. The summed E-state index contributed by atoms with van der Waals surface area (Å²) in [7, 11) is 0. The molecule has 2 unspecified atom stereocenters. The van der Waals surface area contributed by atoms with Gasteiger partial charge in [-0.3, -0.25) is 4.79 Å². The van der Waals surface area contributed by atoms with Crippen LogP contribution in [0.25, 0.3) is 0 Å². The van der Waals surface area contributed by atoms with Gasteiger partial charge in [0.25, 0.3) is 0 Å². The number of carboxylic acid groups (broad SMARTS) is 1. The second-order valence-corrected chi connectivity index (χ2v) is 5.36. The van der Waals surface area contributed by atoms with Crippen LogP contribution in [0.3, 0.4) is 0 Å². The zero-order valence-electron chi connectivity index (χ0n) is 11.6. The molecule has 0 spiro atoms. The van der Waals surface area contributed by atoms with E-state index in [-0.39, 0.29) is 18.0 Å². The van der Waals surface area contributed by atoms with E-state index in [2.05, 4.69) is 10.6 Å². The third kappa shape index (κ3) is 3.98.